The minimum atomic E-state index is -0.404. The standard InChI is InChI=1S/C22H29IN6O3/c1-26-19-18(20(31)28(22(26)32)13-6-14-30)29(15-16-7-2-3-8-17(16)23)21(25-19)27-11-4-9-24-10-5-12-27/h2-3,7-8,24,30H,4-6,9-15H2,1H3. The number of nitrogens with zero attached hydrogens (tertiary/aromatic N) is 5. The van der Waals surface area contributed by atoms with Crippen molar-refractivity contribution in [2.45, 2.75) is 32.4 Å². The summed E-state index contributed by atoms with van der Waals surface area (Å²) in [6.07, 6.45) is 2.30. The van der Waals surface area contributed by atoms with E-state index in [1.54, 1.807) is 7.05 Å². The first-order valence-corrected chi connectivity index (χ1v) is 12.1. The van der Waals surface area contributed by atoms with Crippen molar-refractivity contribution in [3.8, 4) is 0 Å². The molecule has 4 rings (SSSR count). The fraction of sp³-hybridized carbons (Fsp3) is 0.500. The van der Waals surface area contributed by atoms with Crippen molar-refractivity contribution in [1.29, 1.82) is 0 Å². The van der Waals surface area contributed by atoms with Crippen molar-refractivity contribution in [2.24, 2.45) is 7.05 Å². The summed E-state index contributed by atoms with van der Waals surface area (Å²) in [5.74, 6) is 0.730. The second kappa shape index (κ2) is 10.2. The van der Waals surface area contributed by atoms with Gasteiger partial charge < -0.3 is 15.3 Å². The molecule has 0 amide bonds. The summed E-state index contributed by atoms with van der Waals surface area (Å²) < 4.78 is 5.75. The Kier molecular flexibility index (Phi) is 7.31. The zero-order chi connectivity index (χ0) is 22.7. The van der Waals surface area contributed by atoms with Crippen LogP contribution in [0, 0.1) is 3.57 Å². The molecule has 1 saturated heterocycles. The second-order valence-electron chi connectivity index (χ2n) is 8.08. The van der Waals surface area contributed by atoms with Gasteiger partial charge in [-0.05, 0) is 66.6 Å². The van der Waals surface area contributed by atoms with Gasteiger partial charge in [-0.25, -0.2) is 4.79 Å². The van der Waals surface area contributed by atoms with Crippen LogP contribution in [0.15, 0.2) is 33.9 Å². The number of aryl methyl sites for hydroxylation is 1. The van der Waals surface area contributed by atoms with Crippen LogP contribution in [0.2, 0.25) is 0 Å². The van der Waals surface area contributed by atoms with E-state index in [1.165, 1.54) is 9.13 Å². The van der Waals surface area contributed by atoms with E-state index in [4.69, 9.17) is 4.98 Å². The van der Waals surface area contributed by atoms with E-state index in [0.29, 0.717) is 24.1 Å². The molecule has 0 atom stereocenters. The molecule has 32 heavy (non-hydrogen) atoms. The van der Waals surface area contributed by atoms with Gasteiger partial charge in [0.05, 0.1) is 6.54 Å². The number of benzene rings is 1. The van der Waals surface area contributed by atoms with E-state index in [9.17, 15) is 14.7 Å². The first-order chi connectivity index (χ1) is 15.5. The molecule has 2 aromatic heterocycles. The monoisotopic (exact) mass is 552 g/mol. The molecule has 0 aliphatic carbocycles. The molecule has 1 aliphatic heterocycles. The lowest BCUT2D eigenvalue weighted by Gasteiger charge is -2.27. The summed E-state index contributed by atoms with van der Waals surface area (Å²) in [5, 5.41) is 12.7. The first-order valence-electron chi connectivity index (χ1n) is 11.0. The zero-order valence-electron chi connectivity index (χ0n) is 18.3. The van der Waals surface area contributed by atoms with E-state index < -0.39 is 5.69 Å². The summed E-state index contributed by atoms with van der Waals surface area (Å²) in [4.78, 5) is 33.5. The lowest BCUT2D eigenvalue weighted by Crippen LogP contribution is -2.40. The highest BCUT2D eigenvalue weighted by Gasteiger charge is 2.24. The summed E-state index contributed by atoms with van der Waals surface area (Å²) in [6, 6.07) is 8.09. The maximum absolute atomic E-state index is 13.5. The van der Waals surface area contributed by atoms with Crippen molar-refractivity contribution < 1.29 is 5.11 Å². The van der Waals surface area contributed by atoms with Gasteiger partial charge in [-0.2, -0.15) is 4.98 Å². The molecule has 1 fully saturated rings. The predicted molar refractivity (Wildman–Crippen MR) is 134 cm³/mol. The molecule has 0 unspecified atom stereocenters. The molecule has 0 saturated carbocycles. The fourth-order valence-electron chi connectivity index (χ4n) is 4.20. The number of hydrogen-bond donors (Lipinski definition) is 2. The van der Waals surface area contributed by atoms with E-state index in [0.717, 1.165) is 54.1 Å². The van der Waals surface area contributed by atoms with Gasteiger partial charge in [0.2, 0.25) is 5.95 Å². The van der Waals surface area contributed by atoms with Crippen LogP contribution in [-0.2, 0) is 20.1 Å². The van der Waals surface area contributed by atoms with Crippen LogP contribution < -0.4 is 21.5 Å². The van der Waals surface area contributed by atoms with E-state index in [-0.39, 0.29) is 18.7 Å². The molecule has 10 heteroatoms. The summed E-state index contributed by atoms with van der Waals surface area (Å²) in [7, 11) is 1.66. The van der Waals surface area contributed by atoms with Crippen LogP contribution in [0.1, 0.15) is 24.8 Å². The Balaban J connectivity index is 1.94. The zero-order valence-corrected chi connectivity index (χ0v) is 20.4. The van der Waals surface area contributed by atoms with Crippen molar-refractivity contribution >= 4 is 39.7 Å². The average Bonchev–Trinajstić information content (AvgIpc) is 3.13. The smallest absolute Gasteiger partial charge is 0.332 e. The third-order valence-corrected chi connectivity index (χ3v) is 6.94. The quantitative estimate of drug-likeness (QED) is 0.446. The van der Waals surface area contributed by atoms with E-state index in [1.807, 2.05) is 22.8 Å². The van der Waals surface area contributed by atoms with Crippen LogP contribution in [0.25, 0.3) is 11.2 Å². The third kappa shape index (κ3) is 4.48. The molecule has 9 nitrogen and oxygen atoms in total. The Bertz CT molecular complexity index is 1210. The number of rotatable bonds is 6. The van der Waals surface area contributed by atoms with Gasteiger partial charge in [-0.15, -0.1) is 0 Å². The van der Waals surface area contributed by atoms with Crippen molar-refractivity contribution in [1.82, 2.24) is 24.0 Å². The van der Waals surface area contributed by atoms with Crippen LogP contribution in [0.3, 0.4) is 0 Å². The predicted octanol–water partition coefficient (Wildman–Crippen LogP) is 1.12. The Morgan fingerprint density at radius 2 is 1.84 bits per heavy atom. The molecular weight excluding hydrogens is 523 g/mol. The number of aliphatic hydroxyl groups is 1. The van der Waals surface area contributed by atoms with Crippen LogP contribution in [0.4, 0.5) is 5.95 Å². The summed E-state index contributed by atoms with van der Waals surface area (Å²) >= 11 is 2.31. The minimum Gasteiger partial charge on any atom is -0.396 e. The number of aromatic nitrogens is 4. The highest BCUT2D eigenvalue weighted by molar-refractivity contribution is 14.1. The van der Waals surface area contributed by atoms with Gasteiger partial charge >= 0.3 is 5.69 Å². The van der Waals surface area contributed by atoms with Gasteiger partial charge in [0.1, 0.15) is 0 Å². The fourth-order valence-corrected chi connectivity index (χ4v) is 4.76. The average molecular weight is 552 g/mol. The molecule has 3 heterocycles. The first kappa shape index (κ1) is 23.0. The third-order valence-electron chi connectivity index (χ3n) is 5.88. The largest absolute Gasteiger partial charge is 0.396 e. The van der Waals surface area contributed by atoms with Gasteiger partial charge in [-0.1, -0.05) is 18.2 Å². The second-order valence-corrected chi connectivity index (χ2v) is 9.24. The molecule has 1 aromatic carbocycles. The van der Waals surface area contributed by atoms with Crippen LogP contribution in [-0.4, -0.2) is 56.6 Å². The highest BCUT2D eigenvalue weighted by Crippen LogP contribution is 2.24. The van der Waals surface area contributed by atoms with Crippen LogP contribution in [0.5, 0.6) is 0 Å². The number of hydrogen-bond acceptors (Lipinski definition) is 6. The van der Waals surface area contributed by atoms with Gasteiger partial charge in [0.15, 0.2) is 11.2 Å². The maximum Gasteiger partial charge on any atom is 0.332 e. The molecule has 0 bridgehead atoms. The molecule has 2 N–H and O–H groups in total. The molecule has 0 spiro atoms. The van der Waals surface area contributed by atoms with E-state index in [2.05, 4.69) is 38.9 Å². The summed E-state index contributed by atoms with van der Waals surface area (Å²) in [5.41, 5.74) is 1.17. The lowest BCUT2D eigenvalue weighted by atomic mass is 10.2. The van der Waals surface area contributed by atoms with Crippen molar-refractivity contribution in [2.75, 3.05) is 37.7 Å². The number of nitrogens with one attached hydrogen (secondary N) is 1. The highest BCUT2D eigenvalue weighted by atomic mass is 127. The number of imidazole rings is 1. The molecule has 172 valence electrons. The minimum absolute atomic E-state index is 0.0812. The maximum atomic E-state index is 13.5. The van der Waals surface area contributed by atoms with Gasteiger partial charge in [0.25, 0.3) is 5.56 Å². The Morgan fingerprint density at radius 3 is 2.53 bits per heavy atom. The molecule has 3 aromatic rings. The number of halogens is 1. The van der Waals surface area contributed by atoms with Crippen molar-refractivity contribution in [3.63, 3.8) is 0 Å². The topological polar surface area (TPSA) is 97.3 Å². The number of anilines is 1. The SMILES string of the molecule is Cn1c(=O)n(CCCO)c(=O)c2c1nc(N1CCCNCCC1)n2Cc1ccccc1I. The molecule has 1 aliphatic rings. The normalized spacial score (nSPS) is 15.2. The molecular formula is C22H29IN6O3. The lowest BCUT2D eigenvalue weighted by molar-refractivity contribution is 0.277. The van der Waals surface area contributed by atoms with E-state index >= 15 is 0 Å². The number of aliphatic hydroxyl groups excluding tert-OH is 1. The van der Waals surface area contributed by atoms with Crippen LogP contribution >= 0.6 is 22.6 Å². The molecule has 0 radical (unpaired) electrons. The van der Waals surface area contributed by atoms with Gasteiger partial charge in [-0.3, -0.25) is 18.5 Å². The summed E-state index contributed by atoms with van der Waals surface area (Å²) in [6.45, 7) is 4.13. The van der Waals surface area contributed by atoms with Gasteiger partial charge in [0, 0.05) is 36.9 Å². The Morgan fingerprint density at radius 1 is 1.12 bits per heavy atom. The van der Waals surface area contributed by atoms with Crippen molar-refractivity contribution in [3.05, 3.63) is 54.2 Å². The number of fused-ring (bicyclic) bond motifs is 1. The Hall–Kier alpha value is -2.18. The Labute approximate surface area is 199 Å².